The third kappa shape index (κ3) is 4.31. The highest BCUT2D eigenvalue weighted by Gasteiger charge is 2.53. The minimum atomic E-state index is -4.24. The molecule has 1 N–H and O–H groups in total. The van der Waals surface area contributed by atoms with Gasteiger partial charge in [0.15, 0.2) is 0 Å². The molecule has 0 spiro atoms. The largest absolute Gasteiger partial charge is 0.352 e. The molecule has 2 saturated heterocycles. The molecule has 2 aromatic rings. The van der Waals surface area contributed by atoms with Gasteiger partial charge in [0.2, 0.25) is 0 Å². The second kappa shape index (κ2) is 8.85. The first-order valence-corrected chi connectivity index (χ1v) is 11.1. The Balaban J connectivity index is 1.62. The Morgan fingerprint density at radius 1 is 1.03 bits per heavy atom. The lowest BCUT2D eigenvalue weighted by atomic mass is 9.77. The van der Waals surface area contributed by atoms with E-state index in [1.807, 2.05) is 0 Å². The van der Waals surface area contributed by atoms with Crippen molar-refractivity contribution in [3.63, 3.8) is 0 Å². The number of carbonyl (C=O) groups is 3. The van der Waals surface area contributed by atoms with Crippen molar-refractivity contribution in [2.24, 2.45) is 5.92 Å². The van der Waals surface area contributed by atoms with E-state index in [0.29, 0.717) is 25.0 Å². The maximum Gasteiger partial charge on any atom is 0.352 e. The number of hydrogen-bond donors (Lipinski definition) is 1. The summed E-state index contributed by atoms with van der Waals surface area (Å²) in [5.74, 6) is -8.62. The van der Waals surface area contributed by atoms with Crippen LogP contribution < -0.4 is 5.32 Å². The summed E-state index contributed by atoms with van der Waals surface area (Å²) in [5.41, 5.74) is -0.983. The summed E-state index contributed by atoms with van der Waals surface area (Å²) in [5, 5.41) is 2.45. The Kier molecular flexibility index (Phi) is 6.22. The van der Waals surface area contributed by atoms with Gasteiger partial charge in [-0.2, -0.15) is 8.78 Å². The summed E-state index contributed by atoms with van der Waals surface area (Å²) in [4.78, 5) is 38.7. The molecule has 180 valence electrons. The zero-order valence-electron chi connectivity index (χ0n) is 18.7. The molecule has 2 aromatic carbocycles. The molecule has 0 radical (unpaired) electrons. The second-order valence-corrected chi connectivity index (χ2v) is 9.12. The number of ketones is 1. The van der Waals surface area contributed by atoms with Gasteiger partial charge >= 0.3 is 5.92 Å². The van der Waals surface area contributed by atoms with Gasteiger partial charge in [-0.25, -0.2) is 8.78 Å². The Bertz CT molecular complexity index is 1170. The van der Waals surface area contributed by atoms with Gasteiger partial charge in [-0.05, 0) is 67.6 Å². The normalized spacial score (nSPS) is 22.5. The Labute approximate surface area is 194 Å². The second-order valence-electron chi connectivity index (χ2n) is 9.12. The van der Waals surface area contributed by atoms with Crippen molar-refractivity contribution in [2.75, 3.05) is 5.32 Å². The van der Waals surface area contributed by atoms with Crippen LogP contribution in [0.3, 0.4) is 0 Å². The Morgan fingerprint density at radius 2 is 1.74 bits per heavy atom. The zero-order valence-corrected chi connectivity index (χ0v) is 18.7. The van der Waals surface area contributed by atoms with Gasteiger partial charge < -0.3 is 10.2 Å². The first-order valence-electron chi connectivity index (χ1n) is 11.1. The van der Waals surface area contributed by atoms with Crippen LogP contribution in [0.4, 0.5) is 23.2 Å². The number of nitrogens with zero attached hydrogens (tertiary/aromatic N) is 1. The number of nitrogens with one attached hydrogen (secondary N) is 1. The number of aryl methyl sites for hydroxylation is 1. The predicted octanol–water partition coefficient (Wildman–Crippen LogP) is 4.98. The number of anilines is 1. The highest BCUT2D eigenvalue weighted by molar-refractivity contribution is 6.04. The fourth-order valence-electron chi connectivity index (χ4n) is 4.84. The summed E-state index contributed by atoms with van der Waals surface area (Å²) in [6, 6.07) is 4.92. The van der Waals surface area contributed by atoms with Gasteiger partial charge in [-0.15, -0.1) is 0 Å². The molecule has 3 atom stereocenters. The smallest absolute Gasteiger partial charge is 0.330 e. The Hall–Kier alpha value is -3.23. The van der Waals surface area contributed by atoms with E-state index in [-0.39, 0.29) is 41.4 Å². The van der Waals surface area contributed by atoms with E-state index in [0.717, 1.165) is 17.0 Å². The molecule has 5 nitrogen and oxygen atoms in total. The maximum absolute atomic E-state index is 15.4. The molecular weight excluding hydrogens is 452 g/mol. The van der Waals surface area contributed by atoms with Crippen LogP contribution in [0.2, 0.25) is 0 Å². The van der Waals surface area contributed by atoms with Crippen molar-refractivity contribution in [1.82, 2.24) is 4.90 Å². The summed E-state index contributed by atoms with van der Waals surface area (Å²) in [6.45, 7) is 3.30. The molecule has 9 heteroatoms. The van der Waals surface area contributed by atoms with Gasteiger partial charge in [0.25, 0.3) is 11.8 Å². The molecule has 0 aliphatic carbocycles. The molecule has 2 aliphatic heterocycles. The van der Waals surface area contributed by atoms with Gasteiger partial charge in [-0.3, -0.25) is 14.4 Å². The molecule has 2 bridgehead atoms. The molecule has 0 unspecified atom stereocenters. The van der Waals surface area contributed by atoms with Crippen LogP contribution in [0.1, 0.15) is 54.1 Å². The quantitative estimate of drug-likeness (QED) is 0.634. The summed E-state index contributed by atoms with van der Waals surface area (Å²) >= 11 is 0. The van der Waals surface area contributed by atoms with E-state index in [4.69, 9.17) is 0 Å². The van der Waals surface area contributed by atoms with Crippen molar-refractivity contribution in [2.45, 2.75) is 57.5 Å². The Morgan fingerprint density at radius 3 is 2.44 bits per heavy atom. The highest BCUT2D eigenvalue weighted by Crippen LogP contribution is 2.41. The molecule has 2 amide bonds. The van der Waals surface area contributed by atoms with Crippen LogP contribution in [0.15, 0.2) is 36.4 Å². The molecule has 0 aromatic heterocycles. The molecule has 4 rings (SSSR count). The number of amides is 2. The lowest BCUT2D eigenvalue weighted by molar-refractivity contribution is -0.172. The van der Waals surface area contributed by atoms with Crippen molar-refractivity contribution in [3.8, 4) is 0 Å². The number of Topliss-reactive ketones (excluding diaryl/α,β-unsaturated/α-hetero) is 1. The predicted molar refractivity (Wildman–Crippen MR) is 116 cm³/mol. The molecule has 0 saturated carbocycles. The van der Waals surface area contributed by atoms with Gasteiger partial charge in [0.05, 0.1) is 5.56 Å². The number of piperidine rings is 2. The minimum absolute atomic E-state index is 0.00149. The van der Waals surface area contributed by atoms with E-state index in [1.165, 1.54) is 19.1 Å². The number of carbonyl (C=O) groups excluding carboxylic acids is 3. The van der Waals surface area contributed by atoms with Gasteiger partial charge in [0, 0.05) is 36.2 Å². The maximum atomic E-state index is 15.4. The zero-order chi connectivity index (χ0) is 24.8. The summed E-state index contributed by atoms with van der Waals surface area (Å²) < 4.78 is 58.8. The van der Waals surface area contributed by atoms with Crippen molar-refractivity contribution in [1.29, 1.82) is 0 Å². The first-order chi connectivity index (χ1) is 16.0. The van der Waals surface area contributed by atoms with Crippen LogP contribution in [0.5, 0.6) is 0 Å². The first kappa shape index (κ1) is 23.9. The van der Waals surface area contributed by atoms with Crippen LogP contribution in [-0.4, -0.2) is 34.6 Å². The lowest BCUT2D eigenvalue weighted by Crippen LogP contribution is -2.60. The number of hydrogen-bond acceptors (Lipinski definition) is 3. The monoisotopic (exact) mass is 476 g/mol. The number of benzene rings is 2. The molecule has 2 heterocycles. The fourth-order valence-corrected chi connectivity index (χ4v) is 4.84. The van der Waals surface area contributed by atoms with E-state index < -0.39 is 47.0 Å². The van der Waals surface area contributed by atoms with Crippen LogP contribution >= 0.6 is 0 Å². The van der Waals surface area contributed by atoms with Crippen LogP contribution in [0, 0.1) is 24.5 Å². The average molecular weight is 476 g/mol. The van der Waals surface area contributed by atoms with Crippen LogP contribution in [-0.2, 0) is 15.5 Å². The molecule has 2 fully saturated rings. The molecule has 34 heavy (non-hydrogen) atoms. The topological polar surface area (TPSA) is 66.5 Å². The molecule has 2 aliphatic rings. The van der Waals surface area contributed by atoms with E-state index in [2.05, 4.69) is 5.32 Å². The third-order valence-corrected chi connectivity index (χ3v) is 6.75. The summed E-state index contributed by atoms with van der Waals surface area (Å²) in [7, 11) is 0. The minimum Gasteiger partial charge on any atom is -0.330 e. The van der Waals surface area contributed by atoms with Crippen molar-refractivity contribution >= 4 is 23.3 Å². The number of halogens is 4. The third-order valence-electron chi connectivity index (χ3n) is 6.75. The number of alkyl halides is 2. The molecular formula is C25H24F4N2O3. The standard InChI is InChI=1S/C25H24F4N2O3/c1-13-3-6-17-11-18(32)12-22(13)31(17)24(34)25(28,29)19-10-15(4-7-21(19)27)23(33)30-16-5-8-20(26)14(2)9-16/h4-5,7-10,13,17,22H,3,6,11-12H2,1-2H3,(H,30,33)/t13-,17+,22+/m0/s1. The number of rotatable bonds is 4. The SMILES string of the molecule is Cc1cc(NC(=O)c2ccc(F)c(C(F)(F)C(=O)N3[C@@H]4CC[C@H](C)[C@H]3CC(=O)C4)c2)ccc1F. The van der Waals surface area contributed by atoms with E-state index in [9.17, 15) is 23.2 Å². The fraction of sp³-hybridized carbons (Fsp3) is 0.400. The van der Waals surface area contributed by atoms with Crippen molar-refractivity contribution < 1.29 is 31.9 Å². The number of fused-ring (bicyclic) bond motifs is 2. The lowest BCUT2D eigenvalue weighted by Gasteiger charge is -2.49. The van der Waals surface area contributed by atoms with Gasteiger partial charge in [-0.1, -0.05) is 6.92 Å². The van der Waals surface area contributed by atoms with Crippen LogP contribution in [0.25, 0.3) is 0 Å². The average Bonchev–Trinajstić information content (AvgIpc) is 2.78. The summed E-state index contributed by atoms with van der Waals surface area (Å²) in [6.07, 6.45) is 1.15. The van der Waals surface area contributed by atoms with Gasteiger partial charge in [0.1, 0.15) is 17.4 Å². The highest BCUT2D eigenvalue weighted by atomic mass is 19.3. The van der Waals surface area contributed by atoms with E-state index in [1.54, 1.807) is 6.92 Å². The van der Waals surface area contributed by atoms with Crippen molar-refractivity contribution in [3.05, 3.63) is 64.7 Å². The van der Waals surface area contributed by atoms with E-state index >= 15 is 8.78 Å².